The maximum Gasteiger partial charge on any atom is 0.0376 e. The summed E-state index contributed by atoms with van der Waals surface area (Å²) in [5, 5.41) is 3.45. The van der Waals surface area contributed by atoms with E-state index in [1.807, 2.05) is 0 Å². The summed E-state index contributed by atoms with van der Waals surface area (Å²) in [4.78, 5) is 0. The normalized spacial score (nSPS) is 26.4. The van der Waals surface area contributed by atoms with E-state index in [1.54, 1.807) is 0 Å². The molecule has 0 aromatic heterocycles. The zero-order valence-corrected chi connectivity index (χ0v) is 9.56. The fourth-order valence-corrected chi connectivity index (χ4v) is 2.20. The average molecular weight is 240 g/mol. The highest BCUT2D eigenvalue weighted by Gasteiger charge is 2.22. The molecular formula is C11H14BrN. The lowest BCUT2D eigenvalue weighted by Gasteiger charge is -2.29. The highest BCUT2D eigenvalue weighted by atomic mass is 79.9. The summed E-state index contributed by atoms with van der Waals surface area (Å²) in [5.41, 5.74) is 2.74. The second-order valence-electron chi connectivity index (χ2n) is 3.88. The molecule has 1 aromatic carbocycles. The molecule has 13 heavy (non-hydrogen) atoms. The first kappa shape index (κ1) is 9.07. The van der Waals surface area contributed by atoms with Crippen LogP contribution in [0, 0.1) is 5.92 Å². The molecule has 2 heteroatoms. The van der Waals surface area contributed by atoms with Gasteiger partial charge in [-0.1, -0.05) is 29.8 Å². The van der Waals surface area contributed by atoms with Gasteiger partial charge in [0.1, 0.15) is 0 Å². The van der Waals surface area contributed by atoms with E-state index in [2.05, 4.69) is 53.3 Å². The van der Waals surface area contributed by atoms with Crippen LogP contribution in [0.2, 0.25) is 0 Å². The van der Waals surface area contributed by atoms with Crippen molar-refractivity contribution in [2.45, 2.75) is 19.8 Å². The third-order valence-electron chi connectivity index (χ3n) is 2.97. The summed E-state index contributed by atoms with van der Waals surface area (Å²) < 4.78 is 1.18. The molecule has 0 bridgehead atoms. The molecule has 0 amide bonds. The standard InChI is InChI=1S/C11H14BrN/c1-7-6-13-11-4-3-9(12)5-10(11)8(7)2/h3-5,7-8,13H,6H2,1-2H3. The van der Waals surface area contributed by atoms with E-state index in [1.165, 1.54) is 15.7 Å². The Labute approximate surface area is 87.7 Å². The zero-order chi connectivity index (χ0) is 9.42. The molecule has 1 N–H and O–H groups in total. The van der Waals surface area contributed by atoms with Crippen molar-refractivity contribution >= 4 is 21.6 Å². The molecule has 0 spiro atoms. The van der Waals surface area contributed by atoms with Crippen LogP contribution < -0.4 is 5.32 Å². The minimum Gasteiger partial charge on any atom is -0.385 e. The highest BCUT2D eigenvalue weighted by molar-refractivity contribution is 9.10. The number of rotatable bonds is 0. The molecule has 0 fully saturated rings. The van der Waals surface area contributed by atoms with Crippen molar-refractivity contribution in [3.05, 3.63) is 28.2 Å². The second-order valence-corrected chi connectivity index (χ2v) is 4.79. The van der Waals surface area contributed by atoms with Gasteiger partial charge in [-0.15, -0.1) is 0 Å². The molecule has 0 saturated heterocycles. The Morgan fingerprint density at radius 2 is 2.15 bits per heavy atom. The minimum atomic E-state index is 0.661. The van der Waals surface area contributed by atoms with Crippen molar-refractivity contribution in [3.8, 4) is 0 Å². The number of hydrogen-bond donors (Lipinski definition) is 1. The second kappa shape index (κ2) is 3.33. The molecule has 0 radical (unpaired) electrons. The summed E-state index contributed by atoms with van der Waals surface area (Å²) in [6.07, 6.45) is 0. The van der Waals surface area contributed by atoms with Crippen molar-refractivity contribution in [2.24, 2.45) is 5.92 Å². The van der Waals surface area contributed by atoms with Gasteiger partial charge in [0, 0.05) is 16.7 Å². The van der Waals surface area contributed by atoms with Gasteiger partial charge in [-0.25, -0.2) is 0 Å². The van der Waals surface area contributed by atoms with Crippen LogP contribution in [0.4, 0.5) is 5.69 Å². The molecule has 2 atom stereocenters. The fraction of sp³-hybridized carbons (Fsp3) is 0.455. The predicted molar refractivity (Wildman–Crippen MR) is 60.2 cm³/mol. The van der Waals surface area contributed by atoms with E-state index in [0.29, 0.717) is 5.92 Å². The SMILES string of the molecule is CC1CNc2ccc(Br)cc2C1C. The van der Waals surface area contributed by atoms with Gasteiger partial charge >= 0.3 is 0 Å². The fourth-order valence-electron chi connectivity index (χ4n) is 1.83. The van der Waals surface area contributed by atoms with Crippen LogP contribution in [0.25, 0.3) is 0 Å². The van der Waals surface area contributed by atoms with Crippen molar-refractivity contribution in [1.29, 1.82) is 0 Å². The van der Waals surface area contributed by atoms with E-state index >= 15 is 0 Å². The monoisotopic (exact) mass is 239 g/mol. The van der Waals surface area contributed by atoms with E-state index in [0.717, 1.165) is 12.5 Å². The summed E-state index contributed by atoms with van der Waals surface area (Å²) >= 11 is 3.51. The van der Waals surface area contributed by atoms with E-state index in [4.69, 9.17) is 0 Å². The third-order valence-corrected chi connectivity index (χ3v) is 3.47. The minimum absolute atomic E-state index is 0.661. The van der Waals surface area contributed by atoms with Gasteiger partial charge in [0.15, 0.2) is 0 Å². The van der Waals surface area contributed by atoms with Gasteiger partial charge in [-0.05, 0) is 35.6 Å². The molecule has 1 aliphatic heterocycles. The predicted octanol–water partition coefficient (Wildman–Crippen LogP) is 3.61. The van der Waals surface area contributed by atoms with Crippen LogP contribution in [-0.4, -0.2) is 6.54 Å². The Kier molecular flexibility index (Phi) is 2.33. The number of benzene rings is 1. The van der Waals surface area contributed by atoms with Crippen LogP contribution in [0.5, 0.6) is 0 Å². The van der Waals surface area contributed by atoms with Crippen LogP contribution in [-0.2, 0) is 0 Å². The van der Waals surface area contributed by atoms with Crippen molar-refractivity contribution in [3.63, 3.8) is 0 Å². The van der Waals surface area contributed by atoms with E-state index in [9.17, 15) is 0 Å². The lowest BCUT2D eigenvalue weighted by atomic mass is 9.85. The quantitative estimate of drug-likeness (QED) is 0.730. The molecule has 0 aliphatic carbocycles. The molecule has 2 unspecified atom stereocenters. The lowest BCUT2D eigenvalue weighted by molar-refractivity contribution is 0.497. The maximum absolute atomic E-state index is 3.51. The molecule has 70 valence electrons. The van der Waals surface area contributed by atoms with Crippen LogP contribution in [0.15, 0.2) is 22.7 Å². The molecule has 1 aromatic rings. The van der Waals surface area contributed by atoms with Crippen LogP contribution in [0.3, 0.4) is 0 Å². The van der Waals surface area contributed by atoms with Crippen LogP contribution in [0.1, 0.15) is 25.3 Å². The zero-order valence-electron chi connectivity index (χ0n) is 7.97. The summed E-state index contributed by atoms with van der Waals surface area (Å²) in [6.45, 7) is 5.69. The number of hydrogen-bond acceptors (Lipinski definition) is 1. The Hall–Kier alpha value is -0.500. The Balaban J connectivity index is 2.45. The summed E-state index contributed by atoms with van der Waals surface area (Å²) in [7, 11) is 0. The molecular weight excluding hydrogens is 226 g/mol. The number of nitrogens with one attached hydrogen (secondary N) is 1. The number of fused-ring (bicyclic) bond motifs is 1. The molecule has 1 nitrogen and oxygen atoms in total. The van der Waals surface area contributed by atoms with Gasteiger partial charge in [0.05, 0.1) is 0 Å². The van der Waals surface area contributed by atoms with E-state index < -0.39 is 0 Å². The van der Waals surface area contributed by atoms with Crippen LogP contribution >= 0.6 is 15.9 Å². The highest BCUT2D eigenvalue weighted by Crippen LogP contribution is 2.36. The van der Waals surface area contributed by atoms with Gasteiger partial charge < -0.3 is 5.32 Å². The first-order valence-electron chi connectivity index (χ1n) is 4.72. The molecule has 0 saturated carbocycles. The smallest absolute Gasteiger partial charge is 0.0376 e. The Morgan fingerprint density at radius 1 is 1.38 bits per heavy atom. The first-order valence-corrected chi connectivity index (χ1v) is 5.51. The van der Waals surface area contributed by atoms with Crippen molar-refractivity contribution in [1.82, 2.24) is 0 Å². The third kappa shape index (κ3) is 1.60. The van der Waals surface area contributed by atoms with Crippen molar-refractivity contribution in [2.75, 3.05) is 11.9 Å². The van der Waals surface area contributed by atoms with Gasteiger partial charge in [-0.2, -0.15) is 0 Å². The number of halogens is 1. The summed E-state index contributed by atoms with van der Waals surface area (Å²) in [5.74, 6) is 1.38. The summed E-state index contributed by atoms with van der Waals surface area (Å²) in [6, 6.07) is 6.47. The average Bonchev–Trinajstić information content (AvgIpc) is 2.12. The Morgan fingerprint density at radius 3 is 2.92 bits per heavy atom. The Bertz CT molecular complexity index is 322. The lowest BCUT2D eigenvalue weighted by Crippen LogP contribution is -2.23. The molecule has 1 aliphatic rings. The van der Waals surface area contributed by atoms with Gasteiger partial charge in [0.25, 0.3) is 0 Å². The molecule has 2 rings (SSSR count). The first-order chi connectivity index (χ1) is 6.18. The largest absolute Gasteiger partial charge is 0.385 e. The van der Waals surface area contributed by atoms with Gasteiger partial charge in [0.2, 0.25) is 0 Å². The van der Waals surface area contributed by atoms with E-state index in [-0.39, 0.29) is 0 Å². The topological polar surface area (TPSA) is 12.0 Å². The number of anilines is 1. The maximum atomic E-state index is 3.51. The van der Waals surface area contributed by atoms with Gasteiger partial charge in [-0.3, -0.25) is 0 Å². The molecule has 1 heterocycles. The van der Waals surface area contributed by atoms with Crippen molar-refractivity contribution < 1.29 is 0 Å².